The Morgan fingerprint density at radius 2 is 1.95 bits per heavy atom. The molecule has 0 saturated carbocycles. The Morgan fingerprint density at radius 3 is 2.59 bits per heavy atom. The first-order chi connectivity index (χ1) is 10.3. The second-order valence-corrected chi connectivity index (χ2v) is 7.36. The molecule has 22 heavy (non-hydrogen) atoms. The molecule has 1 heterocycles. The maximum atomic E-state index is 12.1. The van der Waals surface area contributed by atoms with E-state index in [4.69, 9.17) is 4.74 Å². The molecule has 1 aromatic carbocycles. The van der Waals surface area contributed by atoms with Crippen LogP contribution in [0, 0.1) is 5.41 Å². The van der Waals surface area contributed by atoms with Crippen LogP contribution < -0.4 is 10.1 Å². The number of ether oxygens (including phenoxy) is 1. The van der Waals surface area contributed by atoms with Crippen molar-refractivity contribution >= 4 is 22.4 Å². The van der Waals surface area contributed by atoms with Crippen molar-refractivity contribution in [2.24, 2.45) is 5.41 Å². The zero-order chi connectivity index (χ0) is 16.2. The van der Waals surface area contributed by atoms with Gasteiger partial charge in [0.05, 0.1) is 0 Å². The van der Waals surface area contributed by atoms with E-state index >= 15 is 0 Å². The quantitative estimate of drug-likeness (QED) is 0.915. The van der Waals surface area contributed by atoms with Crippen molar-refractivity contribution in [2.45, 2.75) is 40.2 Å². The van der Waals surface area contributed by atoms with E-state index in [1.807, 2.05) is 30.3 Å². The van der Waals surface area contributed by atoms with Crippen molar-refractivity contribution in [1.29, 1.82) is 0 Å². The number of hydrogen-bond acceptors (Lipinski definition) is 5. The summed E-state index contributed by atoms with van der Waals surface area (Å²) in [5, 5.41) is 12.3. The van der Waals surface area contributed by atoms with E-state index in [1.54, 1.807) is 6.92 Å². The predicted molar refractivity (Wildman–Crippen MR) is 88.2 cm³/mol. The largest absolute Gasteiger partial charge is 0.481 e. The Labute approximate surface area is 134 Å². The molecule has 2 aromatic rings. The lowest BCUT2D eigenvalue weighted by Gasteiger charge is -2.15. The monoisotopic (exact) mass is 319 g/mol. The molecule has 118 valence electrons. The van der Waals surface area contributed by atoms with Crippen molar-refractivity contribution in [3.63, 3.8) is 0 Å². The molecular weight excluding hydrogens is 298 g/mol. The first-order valence-corrected chi connectivity index (χ1v) is 8.00. The van der Waals surface area contributed by atoms with Crippen LogP contribution in [0.25, 0.3) is 0 Å². The Kier molecular flexibility index (Phi) is 5.13. The minimum Gasteiger partial charge on any atom is -0.481 e. The van der Waals surface area contributed by atoms with Crippen molar-refractivity contribution in [2.75, 3.05) is 5.32 Å². The average Bonchev–Trinajstić information content (AvgIpc) is 2.84. The van der Waals surface area contributed by atoms with E-state index in [0.717, 1.165) is 11.4 Å². The topological polar surface area (TPSA) is 64.1 Å². The fourth-order valence-corrected chi connectivity index (χ4v) is 2.84. The third kappa shape index (κ3) is 5.11. The molecule has 1 atom stereocenters. The van der Waals surface area contributed by atoms with Crippen LogP contribution in [-0.4, -0.2) is 22.2 Å². The highest BCUT2D eigenvalue weighted by Gasteiger charge is 2.19. The summed E-state index contributed by atoms with van der Waals surface area (Å²) in [7, 11) is 0. The van der Waals surface area contributed by atoms with E-state index in [1.165, 1.54) is 11.3 Å². The third-order valence-corrected chi connectivity index (χ3v) is 3.64. The lowest BCUT2D eigenvalue weighted by atomic mass is 9.93. The molecule has 0 aliphatic rings. The Balaban J connectivity index is 1.91. The van der Waals surface area contributed by atoms with E-state index in [0.29, 0.717) is 10.9 Å². The minimum absolute atomic E-state index is 0.143. The van der Waals surface area contributed by atoms with Gasteiger partial charge in [-0.2, -0.15) is 0 Å². The van der Waals surface area contributed by atoms with E-state index in [-0.39, 0.29) is 11.3 Å². The van der Waals surface area contributed by atoms with Gasteiger partial charge in [-0.05, 0) is 24.5 Å². The molecule has 1 aromatic heterocycles. The number of nitrogens with one attached hydrogen (secondary N) is 1. The SMILES string of the molecule is CC(Oc1ccccc1)C(=O)Nc1nnc(CC(C)(C)C)s1. The summed E-state index contributed by atoms with van der Waals surface area (Å²) in [4.78, 5) is 12.1. The molecule has 2 rings (SSSR count). The first kappa shape index (κ1) is 16.4. The number of carbonyl (C=O) groups excluding carboxylic acids is 1. The number of anilines is 1. The zero-order valence-electron chi connectivity index (χ0n) is 13.3. The molecule has 1 amide bonds. The normalized spacial score (nSPS) is 12.7. The van der Waals surface area contributed by atoms with Gasteiger partial charge >= 0.3 is 0 Å². The standard InChI is InChI=1S/C16H21N3O2S/c1-11(21-12-8-6-5-7-9-12)14(20)17-15-19-18-13(22-15)10-16(2,3)4/h5-9,11H,10H2,1-4H3,(H,17,19,20). The zero-order valence-corrected chi connectivity index (χ0v) is 14.1. The van der Waals surface area contributed by atoms with Gasteiger partial charge in [0.1, 0.15) is 10.8 Å². The van der Waals surface area contributed by atoms with Gasteiger partial charge in [-0.15, -0.1) is 10.2 Å². The van der Waals surface area contributed by atoms with Gasteiger partial charge < -0.3 is 4.74 Å². The van der Waals surface area contributed by atoms with Crippen molar-refractivity contribution < 1.29 is 9.53 Å². The fourth-order valence-electron chi connectivity index (χ4n) is 1.79. The molecule has 0 saturated heterocycles. The lowest BCUT2D eigenvalue weighted by Crippen LogP contribution is -2.30. The second-order valence-electron chi connectivity index (χ2n) is 6.30. The van der Waals surface area contributed by atoms with Crippen LogP contribution >= 0.6 is 11.3 Å². The molecule has 1 unspecified atom stereocenters. The number of amides is 1. The van der Waals surface area contributed by atoms with E-state index < -0.39 is 6.10 Å². The van der Waals surface area contributed by atoms with Crippen LogP contribution in [0.2, 0.25) is 0 Å². The first-order valence-electron chi connectivity index (χ1n) is 7.18. The van der Waals surface area contributed by atoms with Gasteiger partial charge in [-0.1, -0.05) is 50.3 Å². The maximum Gasteiger partial charge on any atom is 0.266 e. The molecule has 6 heteroatoms. The third-order valence-electron chi connectivity index (χ3n) is 2.80. The number of nitrogens with zero attached hydrogens (tertiary/aromatic N) is 2. The van der Waals surface area contributed by atoms with Gasteiger partial charge in [-0.25, -0.2) is 0 Å². The molecule has 0 aliphatic heterocycles. The Bertz CT molecular complexity index is 620. The van der Waals surface area contributed by atoms with Crippen LogP contribution in [-0.2, 0) is 11.2 Å². The summed E-state index contributed by atoms with van der Waals surface area (Å²) >= 11 is 1.40. The summed E-state index contributed by atoms with van der Waals surface area (Å²) < 4.78 is 5.58. The van der Waals surface area contributed by atoms with Gasteiger partial charge in [0.25, 0.3) is 5.91 Å². The minimum atomic E-state index is -0.600. The highest BCUT2D eigenvalue weighted by molar-refractivity contribution is 7.15. The molecule has 0 bridgehead atoms. The van der Waals surface area contributed by atoms with Crippen LogP contribution in [0.15, 0.2) is 30.3 Å². The Morgan fingerprint density at radius 1 is 1.27 bits per heavy atom. The molecular formula is C16H21N3O2S. The van der Waals surface area contributed by atoms with Crippen molar-refractivity contribution in [3.05, 3.63) is 35.3 Å². The van der Waals surface area contributed by atoms with Crippen molar-refractivity contribution in [1.82, 2.24) is 10.2 Å². The number of para-hydroxylation sites is 1. The van der Waals surface area contributed by atoms with Gasteiger partial charge in [0.15, 0.2) is 6.10 Å². The fraction of sp³-hybridized carbons (Fsp3) is 0.438. The number of carbonyl (C=O) groups is 1. The smallest absolute Gasteiger partial charge is 0.266 e. The number of aromatic nitrogens is 2. The van der Waals surface area contributed by atoms with Crippen molar-refractivity contribution in [3.8, 4) is 5.75 Å². The van der Waals surface area contributed by atoms with Gasteiger partial charge in [-0.3, -0.25) is 10.1 Å². The van der Waals surface area contributed by atoms with Crippen LogP contribution in [0.3, 0.4) is 0 Å². The van der Waals surface area contributed by atoms with Crippen LogP contribution in [0.1, 0.15) is 32.7 Å². The van der Waals surface area contributed by atoms with E-state index in [9.17, 15) is 4.79 Å². The highest BCUT2D eigenvalue weighted by Crippen LogP contribution is 2.25. The maximum absolute atomic E-state index is 12.1. The summed E-state index contributed by atoms with van der Waals surface area (Å²) in [5.74, 6) is 0.429. The summed E-state index contributed by atoms with van der Waals surface area (Å²) in [6.45, 7) is 8.13. The molecule has 0 radical (unpaired) electrons. The van der Waals surface area contributed by atoms with Crippen LogP contribution in [0.4, 0.5) is 5.13 Å². The van der Waals surface area contributed by atoms with E-state index in [2.05, 4.69) is 36.3 Å². The number of rotatable bonds is 5. The number of benzene rings is 1. The molecule has 5 nitrogen and oxygen atoms in total. The molecule has 0 aliphatic carbocycles. The predicted octanol–water partition coefficient (Wildman–Crippen LogP) is 3.53. The molecule has 1 N–H and O–H groups in total. The second kappa shape index (κ2) is 6.87. The lowest BCUT2D eigenvalue weighted by molar-refractivity contribution is -0.122. The van der Waals surface area contributed by atoms with Gasteiger partial charge in [0.2, 0.25) is 5.13 Å². The highest BCUT2D eigenvalue weighted by atomic mass is 32.1. The summed E-state index contributed by atoms with van der Waals surface area (Å²) in [6.07, 6.45) is 0.230. The van der Waals surface area contributed by atoms with Gasteiger partial charge in [0, 0.05) is 6.42 Å². The summed E-state index contributed by atoms with van der Waals surface area (Å²) in [6, 6.07) is 9.26. The summed E-state index contributed by atoms with van der Waals surface area (Å²) in [5.41, 5.74) is 0.143. The molecule has 0 fully saturated rings. The number of hydrogen-bond donors (Lipinski definition) is 1. The van der Waals surface area contributed by atoms with Crippen LogP contribution in [0.5, 0.6) is 5.75 Å². The average molecular weight is 319 g/mol. The molecule has 0 spiro atoms. The Hall–Kier alpha value is -1.95.